The third kappa shape index (κ3) is 40.7. The summed E-state index contributed by atoms with van der Waals surface area (Å²) >= 11 is 0. The fourth-order valence-corrected chi connectivity index (χ4v) is 18.0. The van der Waals surface area contributed by atoms with Crippen molar-refractivity contribution in [3.8, 4) is 0 Å². The van der Waals surface area contributed by atoms with Gasteiger partial charge in [0.25, 0.3) is 0 Å². The van der Waals surface area contributed by atoms with Gasteiger partial charge in [-0.3, -0.25) is 0 Å². The Morgan fingerprint density at radius 3 is 0.960 bits per heavy atom. The molecule has 0 rings (SSSR count). The standard InChI is InChI=1S/C9H24OSi2.C6H18OSi2.4CH4/c1-7-8-9-12(5,6)10-11(2,3)4;1-8(2,3)7-9(4,5)6;;;;/h7-9H2,1-6H3;1-6H3;4*1H4. The van der Waals surface area contributed by atoms with E-state index in [2.05, 4.69) is 78.9 Å². The van der Waals surface area contributed by atoms with Crippen LogP contribution in [0.3, 0.4) is 0 Å². The molecule has 25 heavy (non-hydrogen) atoms. The van der Waals surface area contributed by atoms with Crippen molar-refractivity contribution in [2.45, 2.75) is 128 Å². The van der Waals surface area contributed by atoms with Gasteiger partial charge in [-0.2, -0.15) is 0 Å². The first kappa shape index (κ1) is 40.5. The average Bonchev–Trinajstić information content (AvgIpc) is 2.05. The zero-order chi connectivity index (χ0) is 17.5. The lowest BCUT2D eigenvalue weighted by Crippen LogP contribution is -2.42. The second kappa shape index (κ2) is 15.8. The summed E-state index contributed by atoms with van der Waals surface area (Å²) in [5.41, 5.74) is 0. The van der Waals surface area contributed by atoms with Crippen LogP contribution in [0.5, 0.6) is 0 Å². The smallest absolute Gasteiger partial charge is 0.173 e. The minimum Gasteiger partial charge on any atom is -0.456 e. The van der Waals surface area contributed by atoms with Gasteiger partial charge < -0.3 is 8.23 Å². The predicted octanol–water partition coefficient (Wildman–Crippen LogP) is 9.06. The summed E-state index contributed by atoms with van der Waals surface area (Å²) in [6, 6.07) is 1.33. The zero-order valence-corrected chi connectivity index (χ0v) is 20.9. The van der Waals surface area contributed by atoms with Crippen molar-refractivity contribution >= 4 is 33.3 Å². The third-order valence-corrected chi connectivity index (χ3v) is 13.4. The molecule has 0 spiro atoms. The predicted molar refractivity (Wildman–Crippen MR) is 136 cm³/mol. The van der Waals surface area contributed by atoms with Crippen LogP contribution in [0.2, 0.25) is 78.1 Å². The highest BCUT2D eigenvalue weighted by Crippen LogP contribution is 2.20. The minimum atomic E-state index is -1.30. The molecule has 162 valence electrons. The van der Waals surface area contributed by atoms with Gasteiger partial charge in [-0.1, -0.05) is 49.5 Å². The van der Waals surface area contributed by atoms with Crippen molar-refractivity contribution < 1.29 is 8.23 Å². The molecule has 6 heteroatoms. The lowest BCUT2D eigenvalue weighted by Gasteiger charge is -2.31. The molecule has 2 nitrogen and oxygen atoms in total. The first-order valence-corrected chi connectivity index (χ1v) is 21.7. The van der Waals surface area contributed by atoms with Crippen LogP contribution in [0.1, 0.15) is 49.5 Å². The van der Waals surface area contributed by atoms with Crippen molar-refractivity contribution in [1.82, 2.24) is 0 Å². The fraction of sp³-hybridized carbons (Fsp3) is 1.00. The van der Waals surface area contributed by atoms with Crippen molar-refractivity contribution in [3.05, 3.63) is 0 Å². The van der Waals surface area contributed by atoms with Crippen LogP contribution < -0.4 is 0 Å². The van der Waals surface area contributed by atoms with Crippen molar-refractivity contribution in [2.24, 2.45) is 0 Å². The molecule has 0 unspecified atom stereocenters. The van der Waals surface area contributed by atoms with Gasteiger partial charge in [-0.25, -0.2) is 0 Å². The van der Waals surface area contributed by atoms with Gasteiger partial charge in [0, 0.05) is 0 Å². The van der Waals surface area contributed by atoms with Crippen LogP contribution in [0.4, 0.5) is 0 Å². The molecule has 0 amide bonds. The monoisotopic (exact) mass is 430 g/mol. The first-order valence-electron chi connectivity index (χ1n) is 8.38. The minimum absolute atomic E-state index is 0. The molecule has 0 atom stereocenters. The van der Waals surface area contributed by atoms with Gasteiger partial charge in [0.2, 0.25) is 0 Å². The van der Waals surface area contributed by atoms with E-state index in [4.69, 9.17) is 8.23 Å². The molecule has 0 aromatic heterocycles. The van der Waals surface area contributed by atoms with Gasteiger partial charge in [0.05, 0.1) is 0 Å². The molecule has 0 aliphatic carbocycles. The topological polar surface area (TPSA) is 18.5 Å². The van der Waals surface area contributed by atoms with E-state index in [0.29, 0.717) is 0 Å². The maximum Gasteiger partial charge on any atom is 0.173 e. The SMILES string of the molecule is C.C.C.C.CCCC[Si](C)(C)O[Si](C)(C)C.C[Si](C)(C)O[Si](C)(C)C. The van der Waals surface area contributed by atoms with Gasteiger partial charge >= 0.3 is 0 Å². The largest absolute Gasteiger partial charge is 0.456 e. The van der Waals surface area contributed by atoms with Gasteiger partial charge in [0.15, 0.2) is 33.3 Å². The van der Waals surface area contributed by atoms with Crippen LogP contribution in [0.25, 0.3) is 0 Å². The molecular formula is C19H58O2Si4. The lowest BCUT2D eigenvalue weighted by molar-refractivity contribution is 0.543. The second-order valence-corrected chi connectivity index (χ2v) is 27.7. The Morgan fingerprint density at radius 1 is 0.520 bits per heavy atom. The summed E-state index contributed by atoms with van der Waals surface area (Å²) < 4.78 is 12.1. The average molecular weight is 431 g/mol. The van der Waals surface area contributed by atoms with E-state index in [1.807, 2.05) is 0 Å². The second-order valence-electron chi connectivity index (χ2n) is 9.40. The Labute approximate surface area is 169 Å². The van der Waals surface area contributed by atoms with Crippen molar-refractivity contribution in [2.75, 3.05) is 0 Å². The number of rotatable bonds is 7. The lowest BCUT2D eigenvalue weighted by atomic mass is 10.4. The molecule has 0 bridgehead atoms. The van der Waals surface area contributed by atoms with Crippen molar-refractivity contribution in [1.29, 1.82) is 0 Å². The maximum absolute atomic E-state index is 6.20. The summed E-state index contributed by atoms with van der Waals surface area (Å²) in [6.07, 6.45) is 2.63. The van der Waals surface area contributed by atoms with Crippen LogP contribution in [-0.4, -0.2) is 33.3 Å². The quantitative estimate of drug-likeness (QED) is 0.375. The molecule has 0 N–H and O–H groups in total. The van der Waals surface area contributed by atoms with Crippen LogP contribution in [0.15, 0.2) is 0 Å². The highest BCUT2D eigenvalue weighted by Gasteiger charge is 2.28. The summed E-state index contributed by atoms with van der Waals surface area (Å²) in [5.74, 6) is 0. The molecule has 0 aromatic rings. The summed E-state index contributed by atoms with van der Waals surface area (Å²) in [5, 5.41) is 0. The zero-order valence-electron chi connectivity index (χ0n) is 16.9. The van der Waals surface area contributed by atoms with Crippen molar-refractivity contribution in [3.63, 3.8) is 0 Å². The van der Waals surface area contributed by atoms with E-state index >= 15 is 0 Å². The molecule has 0 aromatic carbocycles. The van der Waals surface area contributed by atoms with E-state index in [9.17, 15) is 0 Å². The molecule has 0 aliphatic rings. The number of hydrogen-bond donors (Lipinski definition) is 0. The Kier molecular flexibility index (Phi) is 25.6. The Morgan fingerprint density at radius 2 is 0.800 bits per heavy atom. The van der Waals surface area contributed by atoms with E-state index in [0.717, 1.165) is 0 Å². The normalized spacial score (nSPS) is 11.5. The van der Waals surface area contributed by atoms with E-state index < -0.39 is 33.3 Å². The first-order chi connectivity index (χ1) is 8.97. The Balaban J connectivity index is -0.0000000639. The maximum atomic E-state index is 6.20. The Hall–Kier alpha value is 0.788. The Bertz CT molecular complexity index is 263. The molecular weight excluding hydrogens is 373 g/mol. The van der Waals surface area contributed by atoms with Crippen LogP contribution in [0, 0.1) is 0 Å². The highest BCUT2D eigenvalue weighted by molar-refractivity contribution is 6.84. The van der Waals surface area contributed by atoms with Gasteiger partial charge in [0.1, 0.15) is 0 Å². The summed E-state index contributed by atoms with van der Waals surface area (Å²) in [4.78, 5) is 0. The number of hydrogen-bond acceptors (Lipinski definition) is 2. The van der Waals surface area contributed by atoms with Crippen LogP contribution in [-0.2, 0) is 8.23 Å². The molecule has 0 saturated carbocycles. The molecule has 0 fully saturated rings. The van der Waals surface area contributed by atoms with Gasteiger partial charge in [-0.05, 0) is 78.1 Å². The summed E-state index contributed by atoms with van der Waals surface area (Å²) in [7, 11) is -5.04. The number of unbranched alkanes of at least 4 members (excludes halogenated alkanes) is 1. The fourth-order valence-electron chi connectivity index (χ4n) is 2.40. The highest BCUT2D eigenvalue weighted by atomic mass is 28.4. The molecule has 0 radical (unpaired) electrons. The van der Waals surface area contributed by atoms with E-state index in [1.165, 1.54) is 18.9 Å². The molecule has 0 aliphatic heterocycles. The molecule has 0 heterocycles. The molecule has 0 saturated heterocycles. The summed E-state index contributed by atoms with van der Waals surface area (Å²) in [6.45, 7) is 27.2. The van der Waals surface area contributed by atoms with E-state index in [-0.39, 0.29) is 29.7 Å². The van der Waals surface area contributed by atoms with Gasteiger partial charge in [-0.15, -0.1) is 0 Å². The van der Waals surface area contributed by atoms with Crippen LogP contribution >= 0.6 is 0 Å². The third-order valence-electron chi connectivity index (χ3n) is 2.33. The van der Waals surface area contributed by atoms with E-state index in [1.54, 1.807) is 0 Å².